The normalized spacial score (nSPS) is 10.9. The van der Waals surface area contributed by atoms with E-state index in [1.54, 1.807) is 0 Å². The predicted octanol–water partition coefficient (Wildman–Crippen LogP) is 7.90. The van der Waals surface area contributed by atoms with Crippen LogP contribution < -0.4 is 0 Å². The third kappa shape index (κ3) is 6.52. The Morgan fingerprint density at radius 1 is 0.636 bits per heavy atom. The lowest BCUT2D eigenvalue weighted by Crippen LogP contribution is -1.91. The Bertz CT molecular complexity index is 576. The zero-order chi connectivity index (χ0) is 15.9. The largest absolute Gasteiger partial charge is 0.0938 e. The van der Waals surface area contributed by atoms with E-state index in [2.05, 4.69) is 100 Å². The Morgan fingerprint density at radius 3 is 1.41 bits per heavy atom. The number of benzene rings is 2. The highest BCUT2D eigenvalue weighted by Gasteiger charge is 2.03. The molecule has 0 aliphatic heterocycles. The van der Waals surface area contributed by atoms with E-state index in [0.29, 0.717) is 0 Å². The van der Waals surface area contributed by atoms with Crippen molar-refractivity contribution in [3.05, 3.63) is 65.4 Å². The van der Waals surface area contributed by atoms with Crippen molar-refractivity contribution < 1.29 is 0 Å². The highest BCUT2D eigenvalue weighted by molar-refractivity contribution is 9.11. The molecule has 0 unspecified atom stereocenters. The van der Waals surface area contributed by atoms with Gasteiger partial charge in [-0.2, -0.15) is 0 Å². The maximum atomic E-state index is 3.62. The van der Waals surface area contributed by atoms with Crippen LogP contribution in [0.3, 0.4) is 0 Å². The summed E-state index contributed by atoms with van der Waals surface area (Å²) in [5.41, 5.74) is 2.74. The summed E-state index contributed by atoms with van der Waals surface area (Å²) in [6, 6.07) is 12.8. The van der Waals surface area contributed by atoms with Gasteiger partial charge in [0.1, 0.15) is 0 Å². The molecule has 2 rings (SSSR count). The number of rotatable bonds is 7. The second kappa shape index (κ2) is 10.1. The Labute approximate surface area is 173 Å². The number of hydrogen-bond donors (Lipinski definition) is 0. The quantitative estimate of drug-likeness (QED) is 0.238. The van der Waals surface area contributed by atoms with Crippen molar-refractivity contribution in [2.45, 2.75) is 12.8 Å². The Hall–Kier alpha value is 1.06. The first-order valence-corrected chi connectivity index (χ1v) is 12.3. The minimum atomic E-state index is 1.09. The first kappa shape index (κ1) is 19.4. The lowest BCUT2D eigenvalue weighted by molar-refractivity contribution is 1.14. The van der Waals surface area contributed by atoms with Gasteiger partial charge in [0.2, 0.25) is 0 Å². The summed E-state index contributed by atoms with van der Waals surface area (Å²) in [6.07, 6.45) is 2.18. The predicted molar refractivity (Wildman–Crippen MR) is 116 cm³/mol. The van der Waals surface area contributed by atoms with Crippen LogP contribution in [0, 0.1) is 0 Å². The summed E-state index contributed by atoms with van der Waals surface area (Å²) >= 11 is 14.2. The fraction of sp³-hybridized carbons (Fsp3) is 0.250. The first-order chi connectivity index (χ1) is 10.6. The Kier molecular flexibility index (Phi) is 8.94. The molecule has 0 saturated heterocycles. The van der Waals surface area contributed by atoms with Crippen molar-refractivity contribution in [2.75, 3.05) is 11.5 Å². The zero-order valence-electron chi connectivity index (χ0n) is 11.6. The second-order valence-electron chi connectivity index (χ2n) is 4.62. The molecule has 0 aliphatic rings. The molecule has 0 aliphatic carbocycles. The van der Waals surface area contributed by atoms with Crippen LogP contribution in [0.4, 0.5) is 0 Å². The second-order valence-corrected chi connectivity index (χ2v) is 10.9. The van der Waals surface area contributed by atoms with Gasteiger partial charge in [-0.25, -0.2) is 0 Å². The fourth-order valence-electron chi connectivity index (χ4n) is 1.87. The summed E-state index contributed by atoms with van der Waals surface area (Å²) in [4.78, 5) is 0. The van der Waals surface area contributed by atoms with E-state index in [4.69, 9.17) is 0 Å². The molecular weight excluding hydrogens is 576 g/mol. The van der Waals surface area contributed by atoms with Crippen LogP contribution in [0.5, 0.6) is 0 Å². The first-order valence-electron chi connectivity index (χ1n) is 6.68. The van der Waals surface area contributed by atoms with Crippen molar-refractivity contribution >= 4 is 85.3 Å². The summed E-state index contributed by atoms with van der Waals surface area (Å²) in [7, 11) is 3.90. The standard InChI is InChI=1S/C16H14Br4S2/c17-13-3-1-11(15(19)9-13)5-7-21-22-8-6-12-2-4-14(18)10-16(12)20/h1-4,9-10H,5-8H2. The minimum Gasteiger partial charge on any atom is -0.0938 e. The van der Waals surface area contributed by atoms with Gasteiger partial charge in [0.05, 0.1) is 0 Å². The maximum Gasteiger partial charge on any atom is 0.0218 e. The van der Waals surface area contributed by atoms with Crippen LogP contribution in [0.15, 0.2) is 54.3 Å². The molecule has 0 radical (unpaired) electrons. The monoisotopic (exact) mass is 586 g/mol. The van der Waals surface area contributed by atoms with Crippen LogP contribution in [-0.2, 0) is 12.8 Å². The SMILES string of the molecule is Brc1ccc(CCSSCCc2ccc(Br)cc2Br)c(Br)c1. The van der Waals surface area contributed by atoms with Gasteiger partial charge >= 0.3 is 0 Å². The van der Waals surface area contributed by atoms with E-state index in [9.17, 15) is 0 Å². The van der Waals surface area contributed by atoms with E-state index in [0.717, 1.165) is 33.3 Å². The summed E-state index contributed by atoms with van der Waals surface area (Å²) in [6.45, 7) is 0. The average molecular weight is 590 g/mol. The van der Waals surface area contributed by atoms with Gasteiger partial charge in [0.15, 0.2) is 0 Å². The zero-order valence-corrected chi connectivity index (χ0v) is 19.6. The summed E-state index contributed by atoms with van der Waals surface area (Å²) < 4.78 is 4.60. The Balaban J connectivity index is 1.67. The molecule has 0 amide bonds. The molecular formula is C16H14Br4S2. The third-order valence-electron chi connectivity index (χ3n) is 3.02. The molecule has 0 heterocycles. The van der Waals surface area contributed by atoms with E-state index < -0.39 is 0 Å². The molecule has 0 saturated carbocycles. The van der Waals surface area contributed by atoms with Crippen molar-refractivity contribution in [1.29, 1.82) is 0 Å². The molecule has 118 valence electrons. The number of halogens is 4. The van der Waals surface area contributed by atoms with Crippen molar-refractivity contribution in [1.82, 2.24) is 0 Å². The molecule has 0 atom stereocenters. The van der Waals surface area contributed by atoms with Crippen LogP contribution in [0.2, 0.25) is 0 Å². The van der Waals surface area contributed by atoms with Gasteiger partial charge in [-0.1, -0.05) is 97.4 Å². The smallest absolute Gasteiger partial charge is 0.0218 e. The van der Waals surface area contributed by atoms with Crippen molar-refractivity contribution in [3.8, 4) is 0 Å². The van der Waals surface area contributed by atoms with E-state index >= 15 is 0 Å². The van der Waals surface area contributed by atoms with Gasteiger partial charge in [0.25, 0.3) is 0 Å². The van der Waals surface area contributed by atoms with Crippen LogP contribution >= 0.6 is 85.3 Å². The lowest BCUT2D eigenvalue weighted by atomic mass is 10.2. The molecule has 0 bridgehead atoms. The van der Waals surface area contributed by atoms with E-state index in [1.165, 1.54) is 20.1 Å². The molecule has 0 aromatic heterocycles. The number of hydrogen-bond acceptors (Lipinski definition) is 2. The maximum absolute atomic E-state index is 3.62. The third-order valence-corrected chi connectivity index (χ3v) is 7.89. The molecule has 2 aromatic rings. The lowest BCUT2D eigenvalue weighted by Gasteiger charge is -2.06. The van der Waals surface area contributed by atoms with Crippen LogP contribution in [-0.4, -0.2) is 11.5 Å². The van der Waals surface area contributed by atoms with Crippen molar-refractivity contribution in [2.24, 2.45) is 0 Å². The molecule has 0 spiro atoms. The van der Waals surface area contributed by atoms with Crippen LogP contribution in [0.1, 0.15) is 11.1 Å². The van der Waals surface area contributed by atoms with E-state index in [-0.39, 0.29) is 0 Å². The van der Waals surface area contributed by atoms with Gasteiger partial charge in [0, 0.05) is 29.4 Å². The fourth-order valence-corrected chi connectivity index (χ4v) is 6.41. The van der Waals surface area contributed by atoms with Crippen molar-refractivity contribution in [3.63, 3.8) is 0 Å². The minimum absolute atomic E-state index is 1.09. The highest BCUT2D eigenvalue weighted by Crippen LogP contribution is 2.28. The highest BCUT2D eigenvalue weighted by atomic mass is 79.9. The van der Waals surface area contributed by atoms with Crippen LogP contribution in [0.25, 0.3) is 0 Å². The molecule has 0 fully saturated rings. The van der Waals surface area contributed by atoms with Gasteiger partial charge in [-0.3, -0.25) is 0 Å². The summed E-state index contributed by atoms with van der Waals surface area (Å²) in [5.74, 6) is 2.26. The molecule has 6 heteroatoms. The molecule has 22 heavy (non-hydrogen) atoms. The van der Waals surface area contributed by atoms with Gasteiger partial charge < -0.3 is 0 Å². The van der Waals surface area contributed by atoms with Gasteiger partial charge in [-0.15, -0.1) is 0 Å². The average Bonchev–Trinajstić information content (AvgIpc) is 2.46. The summed E-state index contributed by atoms with van der Waals surface area (Å²) in [5, 5.41) is 0. The van der Waals surface area contributed by atoms with E-state index in [1.807, 2.05) is 21.6 Å². The number of aryl methyl sites for hydroxylation is 2. The Morgan fingerprint density at radius 2 is 1.05 bits per heavy atom. The van der Waals surface area contributed by atoms with Gasteiger partial charge in [-0.05, 0) is 48.2 Å². The molecule has 0 nitrogen and oxygen atoms in total. The topological polar surface area (TPSA) is 0 Å². The molecule has 0 N–H and O–H groups in total. The molecule has 2 aromatic carbocycles.